The summed E-state index contributed by atoms with van der Waals surface area (Å²) >= 11 is 5.87. The maximum absolute atomic E-state index is 12.4. The van der Waals surface area contributed by atoms with Gasteiger partial charge in [-0.1, -0.05) is 6.42 Å². The van der Waals surface area contributed by atoms with Crippen molar-refractivity contribution in [3.8, 4) is 0 Å². The Morgan fingerprint density at radius 1 is 1.17 bits per heavy atom. The molecule has 0 radical (unpaired) electrons. The molecule has 1 saturated carbocycles. The van der Waals surface area contributed by atoms with Gasteiger partial charge in [0, 0.05) is 17.6 Å². The molecule has 5 heteroatoms. The molecule has 0 saturated heterocycles. The Morgan fingerprint density at radius 3 is 2.39 bits per heavy atom. The smallest absolute Gasteiger partial charge is 0.382 e. The molecule has 1 nitrogen and oxygen atoms in total. The molecule has 0 aliphatic heterocycles. The molecule has 0 bridgehead atoms. The average molecular weight is 278 g/mol. The van der Waals surface area contributed by atoms with Crippen LogP contribution in [0.5, 0.6) is 0 Å². The minimum atomic E-state index is -4.27. The Morgan fingerprint density at radius 2 is 1.83 bits per heavy atom. The molecule has 1 aliphatic carbocycles. The van der Waals surface area contributed by atoms with Gasteiger partial charge in [0.15, 0.2) is 0 Å². The monoisotopic (exact) mass is 277 g/mol. The second kappa shape index (κ2) is 5.39. The van der Waals surface area contributed by atoms with Crippen LogP contribution in [-0.4, -0.2) is 11.9 Å². The molecule has 0 spiro atoms. The van der Waals surface area contributed by atoms with E-state index in [2.05, 4.69) is 5.32 Å². The van der Waals surface area contributed by atoms with E-state index in [-0.39, 0.29) is 6.04 Å². The fraction of sp³-hybridized carbons (Fsp3) is 0.538. The maximum Gasteiger partial charge on any atom is 0.416 e. The van der Waals surface area contributed by atoms with Crippen LogP contribution in [0.25, 0.3) is 0 Å². The van der Waals surface area contributed by atoms with E-state index in [4.69, 9.17) is 11.6 Å². The highest BCUT2D eigenvalue weighted by molar-refractivity contribution is 6.18. The van der Waals surface area contributed by atoms with Gasteiger partial charge >= 0.3 is 6.18 Å². The van der Waals surface area contributed by atoms with Gasteiger partial charge in [-0.15, -0.1) is 11.6 Å². The van der Waals surface area contributed by atoms with Crippen LogP contribution < -0.4 is 5.32 Å². The molecule has 1 N–H and O–H groups in total. The Labute approximate surface area is 109 Å². The van der Waals surface area contributed by atoms with Crippen molar-refractivity contribution in [2.75, 3.05) is 11.2 Å². The first-order chi connectivity index (χ1) is 8.50. The zero-order valence-corrected chi connectivity index (χ0v) is 10.6. The van der Waals surface area contributed by atoms with Crippen LogP contribution in [-0.2, 0) is 6.18 Å². The molecular weight excluding hydrogens is 263 g/mol. The first-order valence-corrected chi connectivity index (χ1v) is 6.54. The SMILES string of the molecule is FC(F)(F)c1ccc(NC2CCCC2CCl)cc1. The molecule has 1 aliphatic rings. The van der Waals surface area contributed by atoms with Gasteiger partial charge in [-0.3, -0.25) is 0 Å². The Balaban J connectivity index is 2.02. The molecular formula is C13H15ClF3N. The van der Waals surface area contributed by atoms with Gasteiger partial charge in [0.2, 0.25) is 0 Å². The van der Waals surface area contributed by atoms with Gasteiger partial charge in [0.1, 0.15) is 0 Å². The molecule has 0 amide bonds. The van der Waals surface area contributed by atoms with Crippen molar-refractivity contribution < 1.29 is 13.2 Å². The Bertz CT molecular complexity index is 388. The molecule has 1 fully saturated rings. The number of nitrogens with one attached hydrogen (secondary N) is 1. The highest BCUT2D eigenvalue weighted by Gasteiger charge is 2.30. The number of hydrogen-bond acceptors (Lipinski definition) is 1. The summed E-state index contributed by atoms with van der Waals surface area (Å²) in [6, 6.07) is 5.44. The van der Waals surface area contributed by atoms with Crippen molar-refractivity contribution in [2.24, 2.45) is 5.92 Å². The van der Waals surface area contributed by atoms with Gasteiger partial charge < -0.3 is 5.32 Å². The van der Waals surface area contributed by atoms with Crippen LogP contribution in [0.15, 0.2) is 24.3 Å². The predicted molar refractivity (Wildman–Crippen MR) is 66.9 cm³/mol. The molecule has 1 aromatic carbocycles. The lowest BCUT2D eigenvalue weighted by atomic mass is 10.1. The number of halogens is 4. The van der Waals surface area contributed by atoms with Crippen LogP contribution in [0, 0.1) is 5.92 Å². The molecule has 2 atom stereocenters. The summed E-state index contributed by atoms with van der Waals surface area (Å²) in [6.07, 6.45) is -1.04. The number of anilines is 1. The zero-order valence-electron chi connectivity index (χ0n) is 9.80. The first-order valence-electron chi connectivity index (χ1n) is 6.00. The minimum Gasteiger partial charge on any atom is -0.382 e. The number of rotatable bonds is 3. The highest BCUT2D eigenvalue weighted by Crippen LogP contribution is 2.32. The van der Waals surface area contributed by atoms with E-state index in [9.17, 15) is 13.2 Å². The summed E-state index contributed by atoms with van der Waals surface area (Å²) in [4.78, 5) is 0. The van der Waals surface area contributed by atoms with Gasteiger partial charge in [-0.25, -0.2) is 0 Å². The molecule has 1 aromatic rings. The Hall–Kier alpha value is -0.900. The summed E-state index contributed by atoms with van der Waals surface area (Å²) in [5.74, 6) is 1.01. The number of hydrogen-bond donors (Lipinski definition) is 1. The fourth-order valence-corrected chi connectivity index (χ4v) is 2.75. The highest BCUT2D eigenvalue weighted by atomic mass is 35.5. The second-order valence-electron chi connectivity index (χ2n) is 4.67. The van der Waals surface area contributed by atoms with Crippen molar-refractivity contribution in [1.82, 2.24) is 0 Å². The van der Waals surface area contributed by atoms with Gasteiger partial charge in [-0.2, -0.15) is 13.2 Å². The van der Waals surface area contributed by atoms with Crippen molar-refractivity contribution in [2.45, 2.75) is 31.5 Å². The lowest BCUT2D eigenvalue weighted by Crippen LogP contribution is -2.24. The number of alkyl halides is 4. The predicted octanol–water partition coefficient (Wildman–Crippen LogP) is 4.52. The fourth-order valence-electron chi connectivity index (χ4n) is 2.38. The quantitative estimate of drug-likeness (QED) is 0.801. The molecule has 2 rings (SSSR count). The third-order valence-electron chi connectivity index (χ3n) is 3.42. The summed E-state index contributed by atoms with van der Waals surface area (Å²) in [7, 11) is 0. The van der Waals surface area contributed by atoms with Crippen LogP contribution in [0.4, 0.5) is 18.9 Å². The third kappa shape index (κ3) is 3.10. The van der Waals surface area contributed by atoms with E-state index >= 15 is 0 Å². The lowest BCUT2D eigenvalue weighted by molar-refractivity contribution is -0.137. The van der Waals surface area contributed by atoms with Gasteiger partial charge in [0.05, 0.1) is 5.56 Å². The van der Waals surface area contributed by atoms with Crippen LogP contribution in [0.1, 0.15) is 24.8 Å². The van der Waals surface area contributed by atoms with E-state index in [1.54, 1.807) is 0 Å². The van der Waals surface area contributed by atoms with Crippen LogP contribution >= 0.6 is 11.6 Å². The zero-order chi connectivity index (χ0) is 13.2. The van der Waals surface area contributed by atoms with Crippen molar-refractivity contribution in [3.63, 3.8) is 0 Å². The maximum atomic E-state index is 12.4. The van der Waals surface area contributed by atoms with E-state index in [0.717, 1.165) is 37.1 Å². The van der Waals surface area contributed by atoms with Crippen molar-refractivity contribution >= 4 is 17.3 Å². The van der Waals surface area contributed by atoms with Crippen molar-refractivity contribution in [1.29, 1.82) is 0 Å². The van der Waals surface area contributed by atoms with E-state index in [1.807, 2.05) is 0 Å². The standard InChI is InChI=1S/C13H15ClF3N/c14-8-9-2-1-3-12(9)18-11-6-4-10(5-7-11)13(15,16)17/h4-7,9,12,18H,1-3,8H2. The van der Waals surface area contributed by atoms with Crippen LogP contribution in [0.2, 0.25) is 0 Å². The largest absolute Gasteiger partial charge is 0.416 e. The normalized spacial score (nSPS) is 24.2. The molecule has 0 aromatic heterocycles. The second-order valence-corrected chi connectivity index (χ2v) is 4.98. The minimum absolute atomic E-state index is 0.277. The van der Waals surface area contributed by atoms with Crippen molar-refractivity contribution in [3.05, 3.63) is 29.8 Å². The Kier molecular flexibility index (Phi) is 4.05. The van der Waals surface area contributed by atoms with E-state index in [1.165, 1.54) is 12.1 Å². The lowest BCUT2D eigenvalue weighted by Gasteiger charge is -2.20. The van der Waals surface area contributed by atoms with Gasteiger partial charge in [-0.05, 0) is 43.0 Å². The summed E-state index contributed by atoms with van der Waals surface area (Å²) in [5, 5.41) is 3.27. The average Bonchev–Trinajstić information content (AvgIpc) is 2.76. The summed E-state index contributed by atoms with van der Waals surface area (Å²) in [6.45, 7) is 0. The third-order valence-corrected chi connectivity index (χ3v) is 3.82. The van der Waals surface area contributed by atoms with E-state index in [0.29, 0.717) is 11.8 Å². The topological polar surface area (TPSA) is 12.0 Å². The molecule has 0 heterocycles. The number of benzene rings is 1. The van der Waals surface area contributed by atoms with Crippen LogP contribution in [0.3, 0.4) is 0 Å². The summed E-state index contributed by atoms with van der Waals surface area (Å²) < 4.78 is 37.2. The molecule has 2 unspecified atom stereocenters. The first kappa shape index (κ1) is 13.5. The molecule has 100 valence electrons. The van der Waals surface area contributed by atoms with Gasteiger partial charge in [0.25, 0.3) is 0 Å². The van der Waals surface area contributed by atoms with E-state index < -0.39 is 11.7 Å². The molecule has 18 heavy (non-hydrogen) atoms. The summed E-state index contributed by atoms with van der Waals surface area (Å²) in [5.41, 5.74) is 0.110.